The first kappa shape index (κ1) is 13.6. The van der Waals surface area contributed by atoms with Crippen molar-refractivity contribution >= 4 is 6.09 Å². The summed E-state index contributed by atoms with van der Waals surface area (Å²) < 4.78 is 8.59. The Balaban J connectivity index is 1.94. The maximum absolute atomic E-state index is 12.8. The lowest BCUT2D eigenvalue weighted by Gasteiger charge is -2.41. The summed E-state index contributed by atoms with van der Waals surface area (Å²) in [4.78, 5) is 38.8. The number of hydrogen-bond donors (Lipinski definition) is 0. The lowest BCUT2D eigenvalue weighted by atomic mass is 10.1. The minimum Gasteiger partial charge on any atom is -0.453 e. The molecule has 0 aliphatic carbocycles. The lowest BCUT2D eigenvalue weighted by molar-refractivity contribution is 0.0512. The second kappa shape index (κ2) is 4.73. The molecule has 3 aliphatic rings. The van der Waals surface area contributed by atoms with Crippen LogP contribution in [0.4, 0.5) is 4.79 Å². The van der Waals surface area contributed by atoms with Crippen molar-refractivity contribution in [3.8, 4) is 5.69 Å². The van der Waals surface area contributed by atoms with Crippen molar-refractivity contribution in [2.45, 2.75) is 12.2 Å². The zero-order chi connectivity index (χ0) is 16.1. The molecular weight excluding hydrogens is 300 g/mol. The van der Waals surface area contributed by atoms with Gasteiger partial charge in [0.2, 0.25) is 0 Å². The van der Waals surface area contributed by atoms with Crippen LogP contribution in [0.5, 0.6) is 0 Å². The largest absolute Gasteiger partial charge is 0.453 e. The van der Waals surface area contributed by atoms with Crippen LogP contribution in [-0.2, 0) is 4.74 Å². The van der Waals surface area contributed by atoms with E-state index in [0.29, 0.717) is 12.2 Å². The molecule has 0 fully saturated rings. The molecule has 2 aromatic rings. The average molecular weight is 314 g/mol. The van der Waals surface area contributed by atoms with Crippen LogP contribution in [0, 0.1) is 0 Å². The van der Waals surface area contributed by atoms with Gasteiger partial charge in [0.15, 0.2) is 6.17 Å². The number of methoxy groups -OCH3 is 1. The molecule has 5 rings (SSSR count). The topological polar surface area (TPSA) is 78.5 Å². The van der Waals surface area contributed by atoms with E-state index in [9.17, 15) is 14.4 Å². The summed E-state index contributed by atoms with van der Waals surface area (Å²) in [6.45, 7) is 0.298. The number of hydrogen-bond acceptors (Lipinski definition) is 4. The number of carbonyl (C=O) groups is 1. The van der Waals surface area contributed by atoms with E-state index in [4.69, 9.17) is 4.74 Å². The predicted molar refractivity (Wildman–Crippen MR) is 80.6 cm³/mol. The van der Waals surface area contributed by atoms with Gasteiger partial charge < -0.3 is 4.74 Å². The Morgan fingerprint density at radius 2 is 1.78 bits per heavy atom. The number of benzene rings is 1. The monoisotopic (exact) mass is 314 g/mol. The zero-order valence-electron chi connectivity index (χ0n) is 12.3. The smallest absolute Gasteiger partial charge is 0.411 e. The Kier molecular flexibility index (Phi) is 2.80. The first-order chi connectivity index (χ1) is 11.1. The third-order valence-electron chi connectivity index (χ3n) is 4.20. The van der Waals surface area contributed by atoms with Crippen LogP contribution in [0.15, 0.2) is 52.1 Å². The molecule has 1 aromatic carbocycles. The molecule has 2 bridgehead atoms. The van der Waals surface area contributed by atoms with Gasteiger partial charge in [0.1, 0.15) is 0 Å². The first-order valence-corrected chi connectivity index (χ1v) is 7.18. The van der Waals surface area contributed by atoms with Crippen LogP contribution < -0.4 is 11.4 Å². The molecule has 4 heterocycles. The fourth-order valence-electron chi connectivity index (χ4n) is 3.19. The summed E-state index contributed by atoms with van der Waals surface area (Å²) in [6.07, 6.45) is 2.39. The first-order valence-electron chi connectivity index (χ1n) is 7.18. The van der Waals surface area contributed by atoms with Gasteiger partial charge in [-0.2, -0.15) is 0 Å². The Bertz CT molecular complexity index is 921. The molecule has 3 aliphatic heterocycles. The molecule has 118 valence electrons. The van der Waals surface area contributed by atoms with Gasteiger partial charge in [0.05, 0.1) is 25.4 Å². The molecule has 0 saturated carbocycles. The van der Waals surface area contributed by atoms with Crippen molar-refractivity contribution in [3.05, 3.63) is 63.5 Å². The Morgan fingerprint density at radius 1 is 1.09 bits per heavy atom. The van der Waals surface area contributed by atoms with Gasteiger partial charge in [-0.1, -0.05) is 24.3 Å². The van der Waals surface area contributed by atoms with Crippen molar-refractivity contribution in [1.82, 2.24) is 18.8 Å². The van der Waals surface area contributed by atoms with Gasteiger partial charge in [-0.15, -0.1) is 0 Å². The van der Waals surface area contributed by atoms with Gasteiger partial charge in [0.25, 0.3) is 0 Å². The zero-order valence-corrected chi connectivity index (χ0v) is 12.3. The van der Waals surface area contributed by atoms with Crippen molar-refractivity contribution < 1.29 is 9.53 Å². The molecule has 0 spiro atoms. The van der Waals surface area contributed by atoms with Crippen LogP contribution in [0.2, 0.25) is 0 Å². The number of para-hydroxylation sites is 1. The van der Waals surface area contributed by atoms with E-state index in [1.807, 2.05) is 12.1 Å². The van der Waals surface area contributed by atoms with E-state index in [0.717, 1.165) is 4.57 Å². The molecule has 1 aromatic heterocycles. The van der Waals surface area contributed by atoms with Crippen LogP contribution >= 0.6 is 0 Å². The van der Waals surface area contributed by atoms with Crippen molar-refractivity contribution in [1.29, 1.82) is 0 Å². The molecule has 0 unspecified atom stereocenters. The summed E-state index contributed by atoms with van der Waals surface area (Å²) in [7, 11) is 1.29. The summed E-state index contributed by atoms with van der Waals surface area (Å²) in [5.74, 6) is 0. The fraction of sp³-hybridized carbons (Fsp3) is 0.267. The number of ether oxygens (including phenoxy) is 1. The Hall–Kier alpha value is -3.03. The standard InChI is InChI=1S/C15H14N4O4/c1-23-15(22)16-9-11-7-8-12(16)19-14(21)17(13(20)18(11)19)10-5-3-2-4-6-10/h2-8,11-12H,9H2,1H3/t11-,12-/m1/s1. The Morgan fingerprint density at radius 3 is 2.48 bits per heavy atom. The number of aromatic nitrogens is 3. The average Bonchev–Trinajstić information content (AvgIpc) is 2.88. The minimum absolute atomic E-state index is 0.298. The summed E-state index contributed by atoms with van der Waals surface area (Å²) >= 11 is 0. The third-order valence-corrected chi connectivity index (χ3v) is 4.20. The summed E-state index contributed by atoms with van der Waals surface area (Å²) in [5, 5.41) is 0. The highest BCUT2D eigenvalue weighted by atomic mass is 16.5. The highest BCUT2D eigenvalue weighted by Crippen LogP contribution is 2.30. The second-order valence-corrected chi connectivity index (χ2v) is 5.41. The van der Waals surface area contributed by atoms with E-state index >= 15 is 0 Å². The summed E-state index contributed by atoms with van der Waals surface area (Å²) in [6, 6.07) is 8.34. The molecule has 1 amide bonds. The lowest BCUT2D eigenvalue weighted by Crippen LogP contribution is -2.53. The normalized spacial score (nSPS) is 21.3. The molecule has 0 saturated heterocycles. The van der Waals surface area contributed by atoms with E-state index in [-0.39, 0.29) is 6.04 Å². The number of nitrogens with zero attached hydrogens (tertiary/aromatic N) is 4. The maximum atomic E-state index is 12.8. The quantitative estimate of drug-likeness (QED) is 0.718. The Labute approximate surface area is 130 Å². The molecule has 0 radical (unpaired) electrons. The second-order valence-electron chi connectivity index (χ2n) is 5.41. The number of amides is 1. The summed E-state index contributed by atoms with van der Waals surface area (Å²) in [5.41, 5.74) is -0.389. The van der Waals surface area contributed by atoms with Gasteiger partial charge >= 0.3 is 17.5 Å². The van der Waals surface area contributed by atoms with Crippen LogP contribution in [0.3, 0.4) is 0 Å². The van der Waals surface area contributed by atoms with Crippen molar-refractivity contribution in [3.63, 3.8) is 0 Å². The molecular formula is C15H14N4O4. The van der Waals surface area contributed by atoms with Gasteiger partial charge in [-0.05, 0) is 18.2 Å². The predicted octanol–water partition coefficient (Wildman–Crippen LogP) is 0.492. The van der Waals surface area contributed by atoms with Crippen LogP contribution in [0.1, 0.15) is 12.2 Å². The van der Waals surface area contributed by atoms with Crippen molar-refractivity contribution in [2.75, 3.05) is 13.7 Å². The SMILES string of the molecule is COC(=O)N1C[C@H]2C=C[C@H]1n1c(=O)n(-c3ccccc3)c(=O)n12. The molecule has 2 atom stereocenters. The van der Waals surface area contributed by atoms with Crippen LogP contribution in [-0.4, -0.2) is 38.6 Å². The minimum atomic E-state index is -0.655. The van der Waals surface area contributed by atoms with E-state index in [1.54, 1.807) is 30.3 Å². The molecule has 23 heavy (non-hydrogen) atoms. The highest BCUT2D eigenvalue weighted by molar-refractivity contribution is 5.68. The van der Waals surface area contributed by atoms with Gasteiger partial charge in [-0.25, -0.2) is 28.3 Å². The van der Waals surface area contributed by atoms with Gasteiger partial charge in [-0.3, -0.25) is 4.90 Å². The molecule has 0 N–H and O–H groups in total. The molecule has 8 nitrogen and oxygen atoms in total. The van der Waals surface area contributed by atoms with E-state index in [1.165, 1.54) is 21.4 Å². The van der Waals surface area contributed by atoms with Gasteiger partial charge in [0, 0.05) is 0 Å². The van der Waals surface area contributed by atoms with E-state index in [2.05, 4.69) is 0 Å². The maximum Gasteiger partial charge on any atom is 0.411 e. The van der Waals surface area contributed by atoms with Crippen LogP contribution in [0.25, 0.3) is 5.69 Å². The fourth-order valence-corrected chi connectivity index (χ4v) is 3.19. The van der Waals surface area contributed by atoms with E-state index < -0.39 is 23.6 Å². The number of rotatable bonds is 1. The number of carbonyl (C=O) groups excluding carboxylic acids is 1. The number of fused-ring (bicyclic) bond motifs is 1. The van der Waals surface area contributed by atoms with Crippen molar-refractivity contribution in [2.24, 2.45) is 0 Å². The molecule has 8 heteroatoms. The highest BCUT2D eigenvalue weighted by Gasteiger charge is 2.41. The third kappa shape index (κ3) is 1.74.